The Labute approximate surface area is 145 Å². The molecular formula is C19H20N2O4. The number of unbranched alkanes of at least 4 members (excludes halogenated alkanes) is 1. The number of rotatable bonds is 7. The zero-order valence-electron chi connectivity index (χ0n) is 13.9. The molecule has 0 spiro atoms. The van der Waals surface area contributed by atoms with Gasteiger partial charge in [-0.1, -0.05) is 25.5 Å². The van der Waals surface area contributed by atoms with Crippen molar-refractivity contribution in [1.29, 1.82) is 0 Å². The molecule has 2 amide bonds. The predicted octanol–water partition coefficient (Wildman–Crippen LogP) is 3.17. The van der Waals surface area contributed by atoms with Gasteiger partial charge >= 0.3 is 5.97 Å². The normalized spacial score (nSPS) is 10.1. The van der Waals surface area contributed by atoms with Crippen molar-refractivity contribution in [1.82, 2.24) is 5.32 Å². The van der Waals surface area contributed by atoms with Crippen LogP contribution in [0.4, 0.5) is 5.69 Å². The zero-order valence-corrected chi connectivity index (χ0v) is 13.9. The molecule has 3 N–H and O–H groups in total. The molecule has 0 aromatic heterocycles. The van der Waals surface area contributed by atoms with Gasteiger partial charge in [0, 0.05) is 17.8 Å². The number of carbonyl (C=O) groups is 3. The Bertz CT molecular complexity index is 769. The number of nitrogens with one attached hydrogen (secondary N) is 2. The van der Waals surface area contributed by atoms with Crippen LogP contribution in [0, 0.1) is 0 Å². The molecule has 0 unspecified atom stereocenters. The quantitative estimate of drug-likeness (QED) is 0.675. The van der Waals surface area contributed by atoms with E-state index in [1.54, 1.807) is 36.4 Å². The third-order valence-electron chi connectivity index (χ3n) is 3.62. The summed E-state index contributed by atoms with van der Waals surface area (Å²) in [6.07, 6.45) is 1.92. The third-order valence-corrected chi connectivity index (χ3v) is 3.62. The summed E-state index contributed by atoms with van der Waals surface area (Å²) in [5.41, 5.74) is 0.999. The van der Waals surface area contributed by atoms with Crippen molar-refractivity contribution in [2.75, 3.05) is 11.9 Å². The number of anilines is 1. The Morgan fingerprint density at radius 2 is 1.56 bits per heavy atom. The van der Waals surface area contributed by atoms with E-state index in [1.165, 1.54) is 12.1 Å². The maximum absolute atomic E-state index is 12.3. The third kappa shape index (κ3) is 4.91. The molecule has 0 atom stereocenters. The van der Waals surface area contributed by atoms with Crippen LogP contribution in [0.2, 0.25) is 0 Å². The van der Waals surface area contributed by atoms with Gasteiger partial charge in [0.25, 0.3) is 11.8 Å². The second-order valence-corrected chi connectivity index (χ2v) is 5.49. The number of aromatic carboxylic acids is 1. The Balaban J connectivity index is 2.05. The van der Waals surface area contributed by atoms with Gasteiger partial charge in [-0.3, -0.25) is 9.59 Å². The summed E-state index contributed by atoms with van der Waals surface area (Å²) in [6, 6.07) is 12.4. The van der Waals surface area contributed by atoms with E-state index >= 15 is 0 Å². The van der Waals surface area contributed by atoms with E-state index in [4.69, 9.17) is 5.11 Å². The van der Waals surface area contributed by atoms with Crippen LogP contribution in [0.25, 0.3) is 0 Å². The maximum Gasteiger partial charge on any atom is 0.336 e. The molecule has 2 aromatic rings. The lowest BCUT2D eigenvalue weighted by Gasteiger charge is -2.09. The molecule has 0 bridgehead atoms. The highest BCUT2D eigenvalue weighted by Gasteiger charge is 2.16. The molecule has 2 aromatic carbocycles. The minimum atomic E-state index is -1.16. The van der Waals surface area contributed by atoms with Crippen LogP contribution in [-0.2, 0) is 0 Å². The molecule has 0 saturated heterocycles. The van der Waals surface area contributed by atoms with Crippen LogP contribution in [0.5, 0.6) is 0 Å². The van der Waals surface area contributed by atoms with Crippen molar-refractivity contribution in [2.45, 2.75) is 19.8 Å². The average Bonchev–Trinajstić information content (AvgIpc) is 2.62. The summed E-state index contributed by atoms with van der Waals surface area (Å²) in [4.78, 5) is 35.4. The molecule has 0 aliphatic heterocycles. The summed E-state index contributed by atoms with van der Waals surface area (Å²) < 4.78 is 0. The van der Waals surface area contributed by atoms with Crippen molar-refractivity contribution in [3.63, 3.8) is 0 Å². The minimum Gasteiger partial charge on any atom is -0.478 e. The molecule has 0 aliphatic carbocycles. The molecule has 0 aliphatic rings. The molecule has 0 heterocycles. The second kappa shape index (κ2) is 8.63. The van der Waals surface area contributed by atoms with Gasteiger partial charge in [0.2, 0.25) is 0 Å². The van der Waals surface area contributed by atoms with Gasteiger partial charge in [-0.2, -0.15) is 0 Å². The number of benzene rings is 2. The number of carboxylic acid groups (broad SMARTS) is 1. The van der Waals surface area contributed by atoms with Gasteiger partial charge in [-0.05, 0) is 42.8 Å². The van der Waals surface area contributed by atoms with E-state index in [0.717, 1.165) is 12.8 Å². The van der Waals surface area contributed by atoms with Crippen molar-refractivity contribution < 1.29 is 19.5 Å². The van der Waals surface area contributed by atoms with E-state index in [0.29, 0.717) is 17.8 Å². The largest absolute Gasteiger partial charge is 0.478 e. The fourth-order valence-electron chi connectivity index (χ4n) is 2.25. The molecule has 25 heavy (non-hydrogen) atoms. The van der Waals surface area contributed by atoms with Crippen molar-refractivity contribution >= 4 is 23.5 Å². The van der Waals surface area contributed by atoms with Gasteiger partial charge in [0.15, 0.2) is 0 Å². The highest BCUT2D eigenvalue weighted by Crippen LogP contribution is 2.14. The van der Waals surface area contributed by atoms with E-state index in [2.05, 4.69) is 10.6 Å². The number of carbonyl (C=O) groups excluding carboxylic acids is 2. The van der Waals surface area contributed by atoms with Crippen molar-refractivity contribution in [3.8, 4) is 0 Å². The summed E-state index contributed by atoms with van der Waals surface area (Å²) in [5.74, 6) is -1.84. The van der Waals surface area contributed by atoms with Gasteiger partial charge in [0.1, 0.15) is 0 Å². The Kier molecular flexibility index (Phi) is 6.28. The Morgan fingerprint density at radius 3 is 2.16 bits per heavy atom. The molecule has 6 heteroatoms. The van der Waals surface area contributed by atoms with E-state index in [1.807, 2.05) is 6.92 Å². The first-order valence-corrected chi connectivity index (χ1v) is 8.05. The highest BCUT2D eigenvalue weighted by atomic mass is 16.4. The lowest BCUT2D eigenvalue weighted by molar-refractivity contribution is 0.0692. The van der Waals surface area contributed by atoms with Crippen LogP contribution in [-0.4, -0.2) is 29.4 Å². The standard InChI is InChI=1S/C19H20N2O4/c1-2-3-12-20-17(22)13-8-10-14(11-9-13)21-18(23)15-6-4-5-7-16(15)19(24)25/h4-11H,2-3,12H2,1H3,(H,20,22)(H,21,23)(H,24,25). The van der Waals surface area contributed by atoms with Gasteiger partial charge < -0.3 is 15.7 Å². The molecular weight excluding hydrogens is 320 g/mol. The van der Waals surface area contributed by atoms with E-state index < -0.39 is 11.9 Å². The number of carboxylic acids is 1. The number of hydrogen-bond donors (Lipinski definition) is 3. The SMILES string of the molecule is CCCCNC(=O)c1ccc(NC(=O)c2ccccc2C(=O)O)cc1. The van der Waals surface area contributed by atoms with Crippen LogP contribution >= 0.6 is 0 Å². The van der Waals surface area contributed by atoms with E-state index in [9.17, 15) is 14.4 Å². The fraction of sp³-hybridized carbons (Fsp3) is 0.211. The van der Waals surface area contributed by atoms with Crippen LogP contribution in [0.3, 0.4) is 0 Å². The predicted molar refractivity (Wildman–Crippen MR) is 95.0 cm³/mol. The summed E-state index contributed by atoms with van der Waals surface area (Å²) >= 11 is 0. The van der Waals surface area contributed by atoms with Gasteiger partial charge in [-0.25, -0.2) is 4.79 Å². The summed E-state index contributed by atoms with van der Waals surface area (Å²) in [6.45, 7) is 2.67. The smallest absolute Gasteiger partial charge is 0.336 e. The zero-order chi connectivity index (χ0) is 18.2. The molecule has 0 radical (unpaired) electrons. The number of amides is 2. The molecule has 2 rings (SSSR count). The van der Waals surface area contributed by atoms with Crippen molar-refractivity contribution in [2.24, 2.45) is 0 Å². The Hall–Kier alpha value is -3.15. The lowest BCUT2D eigenvalue weighted by atomic mass is 10.1. The second-order valence-electron chi connectivity index (χ2n) is 5.49. The van der Waals surface area contributed by atoms with E-state index in [-0.39, 0.29) is 17.0 Å². The van der Waals surface area contributed by atoms with Crippen molar-refractivity contribution in [3.05, 3.63) is 65.2 Å². The summed E-state index contributed by atoms with van der Waals surface area (Å²) in [7, 11) is 0. The first-order valence-electron chi connectivity index (χ1n) is 8.05. The van der Waals surface area contributed by atoms with Crippen LogP contribution in [0.1, 0.15) is 50.8 Å². The minimum absolute atomic E-state index is 0.0630. The van der Waals surface area contributed by atoms with Gasteiger partial charge in [-0.15, -0.1) is 0 Å². The first kappa shape index (κ1) is 18.2. The lowest BCUT2D eigenvalue weighted by Crippen LogP contribution is -2.24. The molecule has 0 fully saturated rings. The highest BCUT2D eigenvalue weighted by molar-refractivity contribution is 6.10. The fourth-order valence-corrected chi connectivity index (χ4v) is 2.25. The molecule has 0 saturated carbocycles. The summed E-state index contributed by atoms with van der Waals surface area (Å²) in [5, 5.41) is 14.6. The first-order chi connectivity index (χ1) is 12.0. The van der Waals surface area contributed by atoms with Crippen LogP contribution < -0.4 is 10.6 Å². The molecule has 130 valence electrons. The monoisotopic (exact) mass is 340 g/mol. The Morgan fingerprint density at radius 1 is 0.920 bits per heavy atom. The van der Waals surface area contributed by atoms with Gasteiger partial charge in [0.05, 0.1) is 11.1 Å². The topological polar surface area (TPSA) is 95.5 Å². The average molecular weight is 340 g/mol. The molecule has 6 nitrogen and oxygen atoms in total. The van der Waals surface area contributed by atoms with Crippen LogP contribution in [0.15, 0.2) is 48.5 Å². The number of hydrogen-bond acceptors (Lipinski definition) is 3. The maximum atomic E-state index is 12.3.